The van der Waals surface area contributed by atoms with E-state index in [0.29, 0.717) is 29.4 Å². The van der Waals surface area contributed by atoms with E-state index in [1.54, 1.807) is 19.2 Å². The van der Waals surface area contributed by atoms with Crippen LogP contribution in [0.25, 0.3) is 0 Å². The van der Waals surface area contributed by atoms with Gasteiger partial charge >= 0.3 is 6.61 Å². The molecule has 2 aromatic rings. The van der Waals surface area contributed by atoms with Crippen molar-refractivity contribution in [2.45, 2.75) is 19.7 Å². The highest BCUT2D eigenvalue weighted by atomic mass is 127. The molecule has 0 amide bonds. The molecule has 0 aliphatic heterocycles. The Kier molecular flexibility index (Phi) is 10.4. The van der Waals surface area contributed by atoms with E-state index < -0.39 is 12.4 Å². The summed E-state index contributed by atoms with van der Waals surface area (Å²) in [5.74, 6) is 0.652. The largest absolute Gasteiger partial charge is 0.497 e. The van der Waals surface area contributed by atoms with E-state index in [4.69, 9.17) is 9.47 Å². The topological polar surface area (TPSA) is 64.1 Å². The summed E-state index contributed by atoms with van der Waals surface area (Å²) in [6.45, 7) is -2.47. The summed E-state index contributed by atoms with van der Waals surface area (Å²) in [4.78, 5) is 4.06. The average molecular weight is 525 g/mol. The van der Waals surface area contributed by atoms with Gasteiger partial charge in [-0.25, -0.2) is 4.39 Å². The van der Waals surface area contributed by atoms with Gasteiger partial charge in [-0.3, -0.25) is 4.99 Å². The van der Waals surface area contributed by atoms with Crippen molar-refractivity contribution >= 4 is 29.9 Å². The van der Waals surface area contributed by atoms with Gasteiger partial charge < -0.3 is 24.8 Å². The lowest BCUT2D eigenvalue weighted by Crippen LogP contribution is -2.36. The van der Waals surface area contributed by atoms with E-state index in [1.807, 2.05) is 0 Å². The summed E-state index contributed by atoms with van der Waals surface area (Å²) in [7, 11) is 4.44. The van der Waals surface area contributed by atoms with E-state index in [2.05, 4.69) is 20.4 Å². The molecule has 2 N–H and O–H groups in total. The van der Waals surface area contributed by atoms with E-state index in [1.165, 1.54) is 38.5 Å². The lowest BCUT2D eigenvalue weighted by atomic mass is 10.2. The first-order valence-corrected chi connectivity index (χ1v) is 8.35. The molecular weight excluding hydrogens is 502 g/mol. The van der Waals surface area contributed by atoms with Crippen molar-refractivity contribution < 1.29 is 27.4 Å². The van der Waals surface area contributed by atoms with Crippen molar-refractivity contribution in [2.75, 3.05) is 21.3 Å². The summed E-state index contributed by atoms with van der Waals surface area (Å²) in [6, 6.07) is 9.16. The molecule has 0 bridgehead atoms. The Labute approximate surface area is 184 Å². The normalized spacial score (nSPS) is 10.9. The highest BCUT2D eigenvalue weighted by Gasteiger charge is 2.12. The van der Waals surface area contributed by atoms with Crippen molar-refractivity contribution in [3.8, 4) is 17.2 Å². The van der Waals surface area contributed by atoms with Crippen molar-refractivity contribution in [1.29, 1.82) is 0 Å². The molecule has 0 saturated carbocycles. The summed E-state index contributed by atoms with van der Waals surface area (Å²) in [6.07, 6.45) is 0. The summed E-state index contributed by atoms with van der Waals surface area (Å²) < 4.78 is 53.5. The highest BCUT2D eigenvalue weighted by Crippen LogP contribution is 2.25. The first-order chi connectivity index (χ1) is 13.5. The molecule has 0 atom stereocenters. The minimum atomic E-state index is -2.94. The molecular formula is C19H23F3IN3O3. The van der Waals surface area contributed by atoms with E-state index in [0.717, 1.165) is 0 Å². The average Bonchev–Trinajstić information content (AvgIpc) is 2.68. The molecule has 0 unspecified atom stereocenters. The monoisotopic (exact) mass is 525 g/mol. The fourth-order valence-corrected chi connectivity index (χ4v) is 2.44. The zero-order valence-corrected chi connectivity index (χ0v) is 18.5. The van der Waals surface area contributed by atoms with Gasteiger partial charge in [0.05, 0.1) is 14.2 Å². The zero-order valence-electron chi connectivity index (χ0n) is 16.2. The van der Waals surface area contributed by atoms with Crippen LogP contribution in [0.15, 0.2) is 41.4 Å². The van der Waals surface area contributed by atoms with Crippen LogP contribution in [0.5, 0.6) is 17.2 Å². The van der Waals surface area contributed by atoms with Gasteiger partial charge in [0.1, 0.15) is 11.5 Å². The molecule has 2 aromatic carbocycles. The molecule has 0 aliphatic rings. The smallest absolute Gasteiger partial charge is 0.387 e. The minimum absolute atomic E-state index is 0. The lowest BCUT2D eigenvalue weighted by Gasteiger charge is -2.15. The number of rotatable bonds is 8. The number of aliphatic imine (C=N–C) groups is 1. The van der Waals surface area contributed by atoms with E-state index in [9.17, 15) is 13.2 Å². The van der Waals surface area contributed by atoms with Gasteiger partial charge in [-0.1, -0.05) is 6.07 Å². The summed E-state index contributed by atoms with van der Waals surface area (Å²) in [5.41, 5.74) is 1.16. The number of methoxy groups -OCH3 is 2. The van der Waals surface area contributed by atoms with Crippen LogP contribution in [0.2, 0.25) is 0 Å². The third-order valence-electron chi connectivity index (χ3n) is 3.83. The molecule has 0 fully saturated rings. The van der Waals surface area contributed by atoms with Crippen LogP contribution in [0.1, 0.15) is 11.1 Å². The van der Waals surface area contributed by atoms with Gasteiger partial charge in [-0.2, -0.15) is 8.78 Å². The molecule has 0 spiro atoms. The van der Waals surface area contributed by atoms with Crippen molar-refractivity contribution in [2.24, 2.45) is 4.99 Å². The number of alkyl halides is 2. The molecule has 6 nitrogen and oxygen atoms in total. The third kappa shape index (κ3) is 7.52. The Bertz CT molecular complexity index is 823. The van der Waals surface area contributed by atoms with Gasteiger partial charge in [-0.15, -0.1) is 24.0 Å². The molecule has 160 valence electrons. The first kappa shape index (κ1) is 24.7. The quantitative estimate of drug-likeness (QED) is 0.311. The highest BCUT2D eigenvalue weighted by molar-refractivity contribution is 14.0. The Balaban J connectivity index is 0.00000420. The number of benzene rings is 2. The number of nitrogens with one attached hydrogen (secondary N) is 2. The predicted octanol–water partition coefficient (Wildman–Crippen LogP) is 3.93. The Morgan fingerprint density at radius 2 is 1.69 bits per heavy atom. The molecule has 29 heavy (non-hydrogen) atoms. The van der Waals surface area contributed by atoms with Crippen molar-refractivity contribution in [1.82, 2.24) is 10.6 Å². The molecule has 0 aliphatic carbocycles. The minimum Gasteiger partial charge on any atom is -0.497 e. The fraction of sp³-hybridized carbons (Fsp3) is 0.316. The van der Waals surface area contributed by atoms with Crippen LogP contribution in [0.3, 0.4) is 0 Å². The number of guanidine groups is 1. The standard InChI is InChI=1S/C19H22F3N3O3.HI/c1-23-19(24-10-12-4-6-17(27-3)15(20)8-12)25-11-13-9-14(26-2)5-7-16(13)28-18(21)22;/h4-9,18H,10-11H2,1-3H3,(H2,23,24,25);1H. The number of nitrogens with zero attached hydrogens (tertiary/aromatic N) is 1. The van der Waals surface area contributed by atoms with Crippen molar-refractivity contribution in [3.63, 3.8) is 0 Å². The second-order valence-corrected chi connectivity index (χ2v) is 5.60. The Morgan fingerprint density at radius 3 is 2.28 bits per heavy atom. The molecule has 0 heterocycles. The number of hydrogen-bond donors (Lipinski definition) is 2. The van der Waals surface area contributed by atoms with Gasteiger partial charge in [0.15, 0.2) is 17.5 Å². The van der Waals surface area contributed by atoms with Crippen LogP contribution < -0.4 is 24.8 Å². The molecule has 10 heteroatoms. The second kappa shape index (κ2) is 12.2. The summed E-state index contributed by atoms with van der Waals surface area (Å²) in [5, 5.41) is 6.02. The lowest BCUT2D eigenvalue weighted by molar-refractivity contribution is -0.0505. The summed E-state index contributed by atoms with van der Waals surface area (Å²) >= 11 is 0. The van der Waals surface area contributed by atoms with Gasteiger partial charge in [0, 0.05) is 25.7 Å². The van der Waals surface area contributed by atoms with Gasteiger partial charge in [0.25, 0.3) is 0 Å². The van der Waals surface area contributed by atoms with Gasteiger partial charge in [0.2, 0.25) is 0 Å². The fourth-order valence-electron chi connectivity index (χ4n) is 2.44. The van der Waals surface area contributed by atoms with Crippen LogP contribution in [0, 0.1) is 5.82 Å². The molecule has 0 radical (unpaired) electrons. The maximum atomic E-state index is 13.8. The molecule has 2 rings (SSSR count). The predicted molar refractivity (Wildman–Crippen MR) is 115 cm³/mol. The molecule has 0 saturated heterocycles. The third-order valence-corrected chi connectivity index (χ3v) is 3.83. The van der Waals surface area contributed by atoms with Crippen molar-refractivity contribution in [3.05, 3.63) is 53.3 Å². The van der Waals surface area contributed by atoms with Crippen LogP contribution in [-0.4, -0.2) is 33.8 Å². The van der Waals surface area contributed by atoms with Gasteiger partial charge in [-0.05, 0) is 35.9 Å². The van der Waals surface area contributed by atoms with Crippen LogP contribution >= 0.6 is 24.0 Å². The Hall–Kier alpha value is -2.37. The first-order valence-electron chi connectivity index (χ1n) is 8.35. The maximum absolute atomic E-state index is 13.8. The van der Waals surface area contributed by atoms with Crippen LogP contribution in [-0.2, 0) is 13.1 Å². The van der Waals surface area contributed by atoms with E-state index in [-0.39, 0.29) is 42.0 Å². The molecule has 0 aromatic heterocycles. The number of halogens is 4. The maximum Gasteiger partial charge on any atom is 0.387 e. The number of hydrogen-bond acceptors (Lipinski definition) is 4. The zero-order chi connectivity index (χ0) is 20.5. The SMILES string of the molecule is CN=C(NCc1ccc(OC)c(F)c1)NCc1cc(OC)ccc1OC(F)F.I. The number of ether oxygens (including phenoxy) is 3. The van der Waals surface area contributed by atoms with Crippen LogP contribution in [0.4, 0.5) is 13.2 Å². The van der Waals surface area contributed by atoms with E-state index >= 15 is 0 Å². The second-order valence-electron chi connectivity index (χ2n) is 5.60. The Morgan fingerprint density at radius 1 is 1.00 bits per heavy atom.